The second kappa shape index (κ2) is 6.72. The first-order chi connectivity index (χ1) is 10.0. The molecule has 0 amide bonds. The maximum Gasteiger partial charge on any atom is 0.274 e. The molecule has 0 saturated heterocycles. The normalized spacial score (nSPS) is 10.2. The van der Waals surface area contributed by atoms with Gasteiger partial charge in [0.05, 0.1) is 11.0 Å². The first-order valence-electron chi connectivity index (χ1n) is 5.75. The number of hydrogen-bond donors (Lipinski definition) is 1. The molecule has 0 fully saturated rings. The highest BCUT2D eigenvalue weighted by atomic mass is 79.9. The fourth-order valence-corrected chi connectivity index (χ4v) is 2.34. The molecule has 0 aliphatic heterocycles. The Morgan fingerprint density at radius 2 is 2.10 bits per heavy atom. The molecule has 0 unspecified atom stereocenters. The number of halogens is 1. The van der Waals surface area contributed by atoms with Crippen LogP contribution in [0.5, 0.6) is 11.6 Å². The van der Waals surface area contributed by atoms with E-state index in [-0.39, 0.29) is 5.69 Å². The van der Waals surface area contributed by atoms with Crippen LogP contribution in [0.15, 0.2) is 33.9 Å². The number of nitro benzene ring substituents is 1. The molecule has 0 radical (unpaired) electrons. The highest BCUT2D eigenvalue weighted by Crippen LogP contribution is 2.30. The molecule has 2 aromatic rings. The molecule has 2 rings (SSSR count). The molecule has 1 heterocycles. The molecule has 1 aromatic heterocycles. The fourth-order valence-electron chi connectivity index (χ4n) is 1.51. The van der Waals surface area contributed by atoms with Crippen molar-refractivity contribution in [3.05, 3.63) is 38.9 Å². The minimum atomic E-state index is -0.482. The smallest absolute Gasteiger partial charge is 0.274 e. The average molecular weight is 371 g/mol. The van der Waals surface area contributed by atoms with Gasteiger partial charge in [0.25, 0.3) is 5.69 Å². The zero-order valence-corrected chi connectivity index (χ0v) is 13.6. The van der Waals surface area contributed by atoms with Crippen LogP contribution in [-0.2, 0) is 0 Å². The summed E-state index contributed by atoms with van der Waals surface area (Å²) in [7, 11) is 1.74. The number of thioether (sulfide) groups is 1. The average Bonchev–Trinajstić information content (AvgIpc) is 2.46. The van der Waals surface area contributed by atoms with E-state index < -0.39 is 4.92 Å². The third-order valence-electron chi connectivity index (χ3n) is 2.41. The first-order valence-corrected chi connectivity index (χ1v) is 7.77. The van der Waals surface area contributed by atoms with Gasteiger partial charge in [0, 0.05) is 23.7 Å². The number of anilines is 1. The molecule has 1 N–H and O–H groups in total. The molecule has 0 aliphatic rings. The standard InChI is InChI=1S/C12H11BrN4O3S/c1-14-10-6-11(16-12(15-10)21-2)20-9-4-7(13)3-8(5-9)17(18)19/h3-6H,1-2H3,(H,14,15,16). The Balaban J connectivity index is 2.35. The third-order valence-corrected chi connectivity index (χ3v) is 3.42. The van der Waals surface area contributed by atoms with E-state index in [1.54, 1.807) is 19.2 Å². The lowest BCUT2D eigenvalue weighted by atomic mass is 10.3. The number of non-ortho nitro benzene ring substituents is 1. The molecule has 110 valence electrons. The van der Waals surface area contributed by atoms with Crippen molar-refractivity contribution in [3.63, 3.8) is 0 Å². The molecule has 0 atom stereocenters. The van der Waals surface area contributed by atoms with E-state index in [1.165, 1.54) is 23.9 Å². The van der Waals surface area contributed by atoms with Crippen molar-refractivity contribution in [1.82, 2.24) is 9.97 Å². The third kappa shape index (κ3) is 4.05. The predicted octanol–water partition coefficient (Wildman–Crippen LogP) is 3.70. The number of nitrogens with zero attached hydrogens (tertiary/aromatic N) is 3. The lowest BCUT2D eigenvalue weighted by Crippen LogP contribution is -1.98. The quantitative estimate of drug-likeness (QED) is 0.371. The highest BCUT2D eigenvalue weighted by molar-refractivity contribution is 9.10. The van der Waals surface area contributed by atoms with Crippen LogP contribution >= 0.6 is 27.7 Å². The fraction of sp³-hybridized carbons (Fsp3) is 0.167. The maximum absolute atomic E-state index is 10.8. The number of benzene rings is 1. The Kier molecular flexibility index (Phi) is 4.97. The van der Waals surface area contributed by atoms with Crippen LogP contribution in [-0.4, -0.2) is 28.2 Å². The van der Waals surface area contributed by atoms with E-state index in [2.05, 4.69) is 31.2 Å². The van der Waals surface area contributed by atoms with E-state index in [9.17, 15) is 10.1 Å². The van der Waals surface area contributed by atoms with Crippen molar-refractivity contribution in [1.29, 1.82) is 0 Å². The monoisotopic (exact) mass is 370 g/mol. The Morgan fingerprint density at radius 3 is 2.71 bits per heavy atom. The number of nitro groups is 1. The summed E-state index contributed by atoms with van der Waals surface area (Å²) in [4.78, 5) is 18.8. The molecular weight excluding hydrogens is 360 g/mol. The van der Waals surface area contributed by atoms with Crippen LogP contribution in [0.4, 0.5) is 11.5 Å². The first kappa shape index (κ1) is 15.5. The van der Waals surface area contributed by atoms with Gasteiger partial charge in [-0.05, 0) is 12.3 Å². The zero-order chi connectivity index (χ0) is 15.4. The van der Waals surface area contributed by atoms with Crippen molar-refractivity contribution in [2.45, 2.75) is 5.16 Å². The van der Waals surface area contributed by atoms with Crippen molar-refractivity contribution in [2.24, 2.45) is 0 Å². The van der Waals surface area contributed by atoms with Gasteiger partial charge in [0.15, 0.2) is 5.16 Å². The van der Waals surface area contributed by atoms with Gasteiger partial charge in [-0.2, -0.15) is 4.98 Å². The van der Waals surface area contributed by atoms with Crippen molar-refractivity contribution < 1.29 is 9.66 Å². The Morgan fingerprint density at radius 1 is 1.33 bits per heavy atom. The number of nitrogens with one attached hydrogen (secondary N) is 1. The summed E-state index contributed by atoms with van der Waals surface area (Å²) in [6, 6.07) is 5.99. The Hall–Kier alpha value is -1.87. The van der Waals surface area contributed by atoms with Crippen LogP contribution in [0, 0.1) is 10.1 Å². The minimum absolute atomic E-state index is 0.0626. The van der Waals surface area contributed by atoms with Gasteiger partial charge >= 0.3 is 0 Å². The maximum atomic E-state index is 10.8. The largest absolute Gasteiger partial charge is 0.439 e. The summed E-state index contributed by atoms with van der Waals surface area (Å²) in [5.74, 6) is 1.24. The number of rotatable bonds is 5. The van der Waals surface area contributed by atoms with Crippen molar-refractivity contribution >= 4 is 39.2 Å². The SMILES string of the molecule is CNc1cc(Oc2cc(Br)cc([N+](=O)[O-])c2)nc(SC)n1. The summed E-state index contributed by atoms with van der Waals surface area (Å²) in [6.45, 7) is 0. The molecule has 0 spiro atoms. The van der Waals surface area contributed by atoms with Gasteiger partial charge in [-0.1, -0.05) is 27.7 Å². The summed E-state index contributed by atoms with van der Waals surface area (Å²) < 4.78 is 6.15. The van der Waals surface area contributed by atoms with E-state index in [0.29, 0.717) is 27.1 Å². The van der Waals surface area contributed by atoms with E-state index in [1.807, 2.05) is 6.26 Å². The van der Waals surface area contributed by atoms with Crippen LogP contribution in [0.25, 0.3) is 0 Å². The van der Waals surface area contributed by atoms with E-state index >= 15 is 0 Å². The lowest BCUT2D eigenvalue weighted by Gasteiger charge is -2.08. The van der Waals surface area contributed by atoms with Crippen molar-refractivity contribution in [3.8, 4) is 11.6 Å². The highest BCUT2D eigenvalue weighted by Gasteiger charge is 2.12. The number of aromatic nitrogens is 2. The van der Waals surface area contributed by atoms with Gasteiger partial charge in [-0.25, -0.2) is 4.98 Å². The summed E-state index contributed by atoms with van der Waals surface area (Å²) >= 11 is 4.59. The van der Waals surface area contributed by atoms with E-state index in [4.69, 9.17) is 4.74 Å². The minimum Gasteiger partial charge on any atom is -0.439 e. The van der Waals surface area contributed by atoms with Crippen molar-refractivity contribution in [2.75, 3.05) is 18.6 Å². The Bertz CT molecular complexity index is 661. The zero-order valence-electron chi connectivity index (χ0n) is 11.2. The molecule has 0 bridgehead atoms. The van der Waals surface area contributed by atoms with Crippen LogP contribution in [0.3, 0.4) is 0 Å². The molecular formula is C12H11BrN4O3S. The van der Waals surface area contributed by atoms with Crippen LogP contribution in [0.2, 0.25) is 0 Å². The Labute approximate surface area is 133 Å². The topological polar surface area (TPSA) is 90.2 Å². The van der Waals surface area contributed by atoms with Gasteiger partial charge < -0.3 is 10.1 Å². The summed E-state index contributed by atoms with van der Waals surface area (Å²) in [5, 5.41) is 14.3. The molecule has 0 saturated carbocycles. The van der Waals surface area contributed by atoms with E-state index in [0.717, 1.165) is 0 Å². The van der Waals surface area contributed by atoms with Crippen LogP contribution < -0.4 is 10.1 Å². The molecule has 21 heavy (non-hydrogen) atoms. The van der Waals surface area contributed by atoms with Gasteiger partial charge in [0.2, 0.25) is 5.88 Å². The molecule has 7 nitrogen and oxygen atoms in total. The second-order valence-electron chi connectivity index (χ2n) is 3.83. The summed E-state index contributed by atoms with van der Waals surface area (Å²) in [5.41, 5.74) is -0.0626. The lowest BCUT2D eigenvalue weighted by molar-refractivity contribution is -0.385. The molecule has 1 aromatic carbocycles. The van der Waals surface area contributed by atoms with Gasteiger partial charge in [-0.3, -0.25) is 10.1 Å². The predicted molar refractivity (Wildman–Crippen MR) is 84.2 cm³/mol. The summed E-state index contributed by atoms with van der Waals surface area (Å²) in [6.07, 6.45) is 1.85. The van der Waals surface area contributed by atoms with Crippen LogP contribution in [0.1, 0.15) is 0 Å². The van der Waals surface area contributed by atoms with Gasteiger partial charge in [0.1, 0.15) is 11.6 Å². The number of hydrogen-bond acceptors (Lipinski definition) is 7. The van der Waals surface area contributed by atoms with Gasteiger partial charge in [-0.15, -0.1) is 0 Å². The number of ether oxygens (including phenoxy) is 1. The molecule has 9 heteroatoms. The second-order valence-corrected chi connectivity index (χ2v) is 5.52. The molecule has 0 aliphatic carbocycles.